The van der Waals surface area contributed by atoms with Crippen LogP contribution in [0.1, 0.15) is 173 Å². The Morgan fingerprint density at radius 1 is 0.381 bits per heavy atom. The van der Waals surface area contributed by atoms with E-state index >= 15 is 0 Å². The monoisotopic (exact) mass is 1920 g/mol. The predicted molar refractivity (Wildman–Crippen MR) is 520 cm³/mol. The van der Waals surface area contributed by atoms with E-state index in [0.717, 1.165) is 91.7 Å². The molecule has 4 aliphatic rings. The topological polar surface area (TPSA) is 478 Å². The van der Waals surface area contributed by atoms with Crippen molar-refractivity contribution >= 4 is 113 Å². The number of piperidine rings is 4. The molecule has 16 aromatic rings. The van der Waals surface area contributed by atoms with Gasteiger partial charge in [0, 0.05) is 118 Å². The number of aliphatic hydroxyl groups excluding tert-OH is 2. The van der Waals surface area contributed by atoms with E-state index in [-0.39, 0.29) is 66.4 Å². The first kappa shape index (κ1) is 96.8. The molecule has 139 heavy (non-hydrogen) atoms. The number of ether oxygens (including phenoxy) is 4. The lowest BCUT2D eigenvalue weighted by Crippen LogP contribution is -2.39. The van der Waals surface area contributed by atoms with Gasteiger partial charge in [0.05, 0.1) is 157 Å². The largest absolute Gasteiger partial charge is 0.494 e. The minimum Gasteiger partial charge on any atom is -0.494 e. The van der Waals surface area contributed by atoms with Crippen LogP contribution in [0.25, 0.3) is 66.2 Å². The summed E-state index contributed by atoms with van der Waals surface area (Å²) in [6.45, 7) is 36.9. The normalized spacial score (nSPS) is 19.2. The lowest BCUT2D eigenvalue weighted by atomic mass is 9.89. The minimum atomic E-state index is -0.856. The Bertz CT molecular complexity index is 7080. The van der Waals surface area contributed by atoms with Gasteiger partial charge in [0.25, 0.3) is 0 Å². The Morgan fingerprint density at radius 2 is 0.719 bits per heavy atom. The van der Waals surface area contributed by atoms with E-state index in [4.69, 9.17) is 61.8 Å². The molecule has 4 aliphatic heterocycles. The highest BCUT2D eigenvalue weighted by Crippen LogP contribution is 2.43. The van der Waals surface area contributed by atoms with Crippen LogP contribution < -0.4 is 61.5 Å². The highest BCUT2D eigenvalue weighted by Gasteiger charge is 2.39. The van der Waals surface area contributed by atoms with E-state index in [9.17, 15) is 38.0 Å². The van der Waals surface area contributed by atoms with Crippen LogP contribution in [0.3, 0.4) is 0 Å². The van der Waals surface area contributed by atoms with Gasteiger partial charge in [0.15, 0.2) is 57.5 Å². The zero-order valence-corrected chi connectivity index (χ0v) is 81.7. The number of aryl methyl sites for hydroxylation is 1. The van der Waals surface area contributed by atoms with Crippen molar-refractivity contribution in [2.45, 2.75) is 189 Å². The van der Waals surface area contributed by atoms with Gasteiger partial charge in [-0.2, -0.15) is 38.5 Å². The van der Waals surface area contributed by atoms with Crippen molar-refractivity contribution in [1.29, 1.82) is 0 Å². The molecular formula is C95H122F4N32O8. The van der Waals surface area contributed by atoms with Crippen LogP contribution in [0, 0.1) is 67.7 Å². The molecule has 12 N–H and O–H groups in total. The SMILES string of the molecule is COc1cc(F)cc2c1nc(N)n1nc([C@@H]3C[C@H](C)CN(c4cnn(CC(C)(C)O)c4C)C3)nc21.COc1cc(F)cc2c1nc(N)n1nc([C@H]3C[C@@H](C)CN(c4cn(C(C)(C)CO)nc4C)C3)nc21.COc1cc(F)cc2c1nc(N)n1nc([C@H]3C[C@@H](C)CN(c4cnn(CC(C)(C)O)c4C)C3)nc21.COc1cc2nc(N)n3nc([C@@H]4C[C@H](C)CN(c5cnn(C(C)(C)CO)c5)C4)nc3c2cc1F. The number of aromatic nitrogens is 24. The maximum Gasteiger partial charge on any atom is 0.223 e. The lowest BCUT2D eigenvalue weighted by molar-refractivity contribution is 0.0564. The smallest absolute Gasteiger partial charge is 0.223 e. The number of fused-ring (bicyclic) bond motifs is 12. The van der Waals surface area contributed by atoms with E-state index in [1.165, 1.54) is 95.0 Å². The number of methoxy groups -OCH3 is 4. The first-order valence-electron chi connectivity index (χ1n) is 46.5. The van der Waals surface area contributed by atoms with Gasteiger partial charge >= 0.3 is 0 Å². The first-order chi connectivity index (χ1) is 65.9. The number of rotatable bonds is 20. The van der Waals surface area contributed by atoms with Gasteiger partial charge in [-0.05, 0) is 150 Å². The van der Waals surface area contributed by atoms with Gasteiger partial charge in [0.1, 0.15) is 51.3 Å². The van der Waals surface area contributed by atoms with Gasteiger partial charge < -0.3 is 81.9 Å². The fourth-order valence-electron chi connectivity index (χ4n) is 19.5. The fourth-order valence-corrected chi connectivity index (χ4v) is 19.5. The van der Waals surface area contributed by atoms with Crippen molar-refractivity contribution in [2.75, 3.05) is 137 Å². The summed E-state index contributed by atoms with van der Waals surface area (Å²) >= 11 is 0. The summed E-state index contributed by atoms with van der Waals surface area (Å²) < 4.78 is 91.5. The van der Waals surface area contributed by atoms with Crippen LogP contribution in [-0.2, 0) is 24.2 Å². The third-order valence-corrected chi connectivity index (χ3v) is 26.5. The van der Waals surface area contributed by atoms with Crippen LogP contribution in [0.4, 0.5) is 64.1 Å². The fraction of sp³-hybridized carbons (Fsp3) is 0.495. The van der Waals surface area contributed by atoms with Crippen molar-refractivity contribution in [2.24, 2.45) is 23.7 Å². The molecule has 0 aliphatic carbocycles. The number of nitrogens with two attached hydrogens (primary N) is 4. The van der Waals surface area contributed by atoms with E-state index in [1.54, 1.807) is 32.4 Å². The zero-order valence-electron chi connectivity index (χ0n) is 81.7. The molecule has 12 aromatic heterocycles. The van der Waals surface area contributed by atoms with Gasteiger partial charge in [-0.25, -0.2) is 57.4 Å². The predicted octanol–water partition coefficient (Wildman–Crippen LogP) is 11.3. The van der Waals surface area contributed by atoms with E-state index in [0.29, 0.717) is 170 Å². The summed E-state index contributed by atoms with van der Waals surface area (Å²) in [5.41, 5.74) is 32.8. The molecule has 4 fully saturated rings. The van der Waals surface area contributed by atoms with Crippen molar-refractivity contribution in [3.8, 4) is 23.0 Å². The van der Waals surface area contributed by atoms with E-state index < -0.39 is 45.5 Å². The molecule has 738 valence electrons. The number of benzene rings is 4. The van der Waals surface area contributed by atoms with E-state index in [1.807, 2.05) is 93.5 Å². The molecule has 0 amide bonds. The standard InChI is InChI=1S/3C24H31FN8O2.C23H29FN8O2/c2*1-13-6-15(11-31(10-13)18-9-27-32(14(18)2)12-24(3,4)34)21-29-22-17-7-16(25)8-19(35-5)20(17)28-23(26)33(22)30-21;1-13-6-15(10-31(9-13)18-11-32(29-14(18)2)24(3,4)12-34)21-28-22-17-7-16(25)8-19(35-5)20(17)27-23(26)33(22)30-21;1-13-5-14(10-30(9-13)15-8-26-31(11-15)23(2,3)12-33)20-28-21-16-6-17(24)19(34-4)7-18(16)27-22(25)32(21)29-20/h2*7-9,13,15,34H,6,10-12H2,1-5H3,(H2,26,28);7-8,11,13,15,34H,6,9-10,12H2,1-5H3,(H2,26,27);6-8,11,13-14,33H,5,9-10,12H2,1-4H3,(H2,25,27)/t3*13-,15+;13-,14+/m1010/s1. The summed E-state index contributed by atoms with van der Waals surface area (Å²) in [4.78, 5) is 46.0. The van der Waals surface area contributed by atoms with Gasteiger partial charge in [-0.3, -0.25) is 18.7 Å². The summed E-state index contributed by atoms with van der Waals surface area (Å²) in [7, 11) is 5.81. The van der Waals surface area contributed by atoms with Gasteiger partial charge in [0.2, 0.25) is 23.8 Å². The van der Waals surface area contributed by atoms with Gasteiger partial charge in [-0.1, -0.05) is 27.7 Å². The Morgan fingerprint density at radius 3 is 1.08 bits per heavy atom. The van der Waals surface area contributed by atoms with Crippen molar-refractivity contribution < 1.29 is 56.9 Å². The van der Waals surface area contributed by atoms with Crippen LogP contribution in [-0.4, -0.2) is 243 Å². The molecule has 0 unspecified atom stereocenters. The number of nitrogens with zero attached hydrogens (tertiary/aromatic N) is 28. The van der Waals surface area contributed by atoms with Crippen LogP contribution in [0.5, 0.6) is 23.0 Å². The Balaban J connectivity index is 0.000000128. The molecule has 16 heterocycles. The van der Waals surface area contributed by atoms with Crippen LogP contribution in [0.2, 0.25) is 0 Å². The average molecular weight is 1920 g/mol. The minimum absolute atomic E-state index is 0.00576. The second kappa shape index (κ2) is 37.5. The molecule has 44 heteroatoms. The summed E-state index contributed by atoms with van der Waals surface area (Å²) in [5, 5.41) is 78.8. The third-order valence-electron chi connectivity index (χ3n) is 26.5. The number of hydrogen-bond donors (Lipinski definition) is 8. The third kappa shape index (κ3) is 19.4. The molecule has 0 radical (unpaired) electrons. The Labute approximate surface area is 798 Å². The van der Waals surface area contributed by atoms with Crippen molar-refractivity contribution in [1.82, 2.24) is 117 Å². The highest BCUT2D eigenvalue weighted by molar-refractivity contribution is 5.98. The number of nitrogen functional groups attached to an aromatic ring is 4. The number of hydrogen-bond acceptors (Lipinski definition) is 32. The maximum absolute atomic E-state index is 14.4. The summed E-state index contributed by atoms with van der Waals surface area (Å²) in [6.07, 6.45) is 13.2. The van der Waals surface area contributed by atoms with E-state index in [2.05, 4.69) is 108 Å². The zero-order chi connectivity index (χ0) is 99.4. The lowest BCUT2D eigenvalue weighted by Gasteiger charge is -2.36. The van der Waals surface area contributed by atoms with Crippen LogP contribution >= 0.6 is 0 Å². The van der Waals surface area contributed by atoms with Crippen LogP contribution in [0.15, 0.2) is 79.5 Å². The summed E-state index contributed by atoms with van der Waals surface area (Å²) in [5.74, 6) is 4.20. The first-order valence-corrected chi connectivity index (χ1v) is 46.5. The van der Waals surface area contributed by atoms with Gasteiger partial charge in [-0.15, -0.1) is 20.4 Å². The second-order valence-corrected chi connectivity index (χ2v) is 40.3. The number of aliphatic hydroxyl groups is 4. The summed E-state index contributed by atoms with van der Waals surface area (Å²) in [6, 6.07) is 10.9. The maximum atomic E-state index is 14.4. The molecule has 4 aromatic carbocycles. The molecule has 8 atom stereocenters. The molecule has 0 bridgehead atoms. The van der Waals surface area contributed by atoms with Crippen molar-refractivity contribution in [3.05, 3.63) is 143 Å². The average Bonchev–Trinajstić information content (AvgIpc) is 1.62. The molecule has 4 saturated heterocycles. The van der Waals surface area contributed by atoms with Crippen molar-refractivity contribution in [3.63, 3.8) is 0 Å². The molecule has 0 saturated carbocycles. The second-order valence-electron chi connectivity index (χ2n) is 40.3. The number of anilines is 8. The molecular weight excluding hydrogens is 1790 g/mol. The Kier molecular flexibility index (Phi) is 26.1. The Hall–Kier alpha value is -13.9. The molecule has 0 spiro atoms. The highest BCUT2D eigenvalue weighted by atomic mass is 19.1. The molecule has 40 nitrogen and oxygen atoms in total. The number of halogens is 4. The quantitative estimate of drug-likeness (QED) is 0.0329. The molecule has 20 rings (SSSR count).